The minimum absolute atomic E-state index is 0.434. The molecule has 1 aliphatic rings. The second-order valence-electron chi connectivity index (χ2n) is 5.07. The number of aromatic amines is 1. The number of aliphatic hydroxyl groups excluding tert-OH is 1. The number of anilines is 1. The molecule has 6 heteroatoms. The lowest BCUT2D eigenvalue weighted by molar-refractivity contribution is -0.120. The van der Waals surface area contributed by atoms with Crippen LogP contribution in [-0.4, -0.2) is 34.2 Å². The van der Waals surface area contributed by atoms with Crippen molar-refractivity contribution in [1.82, 2.24) is 10.3 Å². The van der Waals surface area contributed by atoms with Crippen LogP contribution in [0.5, 0.6) is 0 Å². The van der Waals surface area contributed by atoms with E-state index >= 15 is 0 Å². The average Bonchev–Trinajstić information content (AvgIpc) is 2.88. The second-order valence-corrected chi connectivity index (χ2v) is 5.07. The van der Waals surface area contributed by atoms with Gasteiger partial charge in [-0.15, -0.1) is 0 Å². The highest BCUT2D eigenvalue weighted by Crippen LogP contribution is 2.25. The van der Waals surface area contributed by atoms with Gasteiger partial charge in [-0.1, -0.05) is 0 Å². The maximum Gasteiger partial charge on any atom is 0.329 e. The summed E-state index contributed by atoms with van der Waals surface area (Å²) in [6.45, 7) is 3.42. The normalized spacial score (nSPS) is 20.6. The third-order valence-electron chi connectivity index (χ3n) is 3.45. The molecule has 1 aromatic carbocycles. The molecular weight excluding hydrogens is 258 g/mol. The lowest BCUT2D eigenvalue weighted by Crippen LogP contribution is -2.39. The first-order valence-electron chi connectivity index (χ1n) is 6.39. The highest BCUT2D eigenvalue weighted by molar-refractivity contribution is 6.22. The van der Waals surface area contributed by atoms with Crippen LogP contribution in [0.4, 0.5) is 10.5 Å². The number of fused-ring (bicyclic) bond motifs is 1. The van der Waals surface area contributed by atoms with Crippen LogP contribution in [0.1, 0.15) is 12.6 Å². The number of rotatable bonds is 2. The monoisotopic (exact) mass is 273 g/mol. The van der Waals surface area contributed by atoms with Crippen molar-refractivity contribution >= 4 is 28.5 Å². The van der Waals surface area contributed by atoms with E-state index in [0.29, 0.717) is 5.69 Å². The summed E-state index contributed by atoms with van der Waals surface area (Å²) in [6.07, 6.45) is -0.922. The Kier molecular flexibility index (Phi) is 2.76. The van der Waals surface area contributed by atoms with E-state index in [1.165, 1.54) is 6.92 Å². The highest BCUT2D eigenvalue weighted by Gasteiger charge is 2.41. The number of hydrogen-bond donors (Lipinski definition) is 3. The van der Waals surface area contributed by atoms with Crippen molar-refractivity contribution in [2.24, 2.45) is 0 Å². The minimum atomic E-state index is -0.922. The van der Waals surface area contributed by atoms with E-state index in [1.54, 1.807) is 12.1 Å². The molecule has 1 fully saturated rings. The van der Waals surface area contributed by atoms with Crippen molar-refractivity contribution in [3.05, 3.63) is 30.0 Å². The fourth-order valence-corrected chi connectivity index (χ4v) is 2.47. The molecule has 0 saturated carbocycles. The van der Waals surface area contributed by atoms with Crippen LogP contribution in [0.25, 0.3) is 10.9 Å². The van der Waals surface area contributed by atoms with Crippen LogP contribution in [0.15, 0.2) is 24.3 Å². The molecule has 104 valence electrons. The lowest BCUT2D eigenvalue weighted by Gasteiger charge is -2.14. The van der Waals surface area contributed by atoms with Crippen molar-refractivity contribution in [3.8, 4) is 0 Å². The zero-order valence-corrected chi connectivity index (χ0v) is 11.2. The maximum atomic E-state index is 12.2. The van der Waals surface area contributed by atoms with Gasteiger partial charge in [0.15, 0.2) is 0 Å². The van der Waals surface area contributed by atoms with E-state index in [0.717, 1.165) is 21.5 Å². The number of aromatic nitrogens is 1. The predicted molar refractivity (Wildman–Crippen MR) is 74.5 cm³/mol. The quantitative estimate of drug-likeness (QED) is 0.720. The minimum Gasteiger partial charge on any atom is -0.391 e. The van der Waals surface area contributed by atoms with E-state index in [-0.39, 0.29) is 0 Å². The van der Waals surface area contributed by atoms with E-state index in [1.807, 2.05) is 19.1 Å². The molecule has 2 heterocycles. The molecule has 0 aliphatic carbocycles. The molecule has 3 rings (SSSR count). The summed E-state index contributed by atoms with van der Waals surface area (Å²) in [4.78, 5) is 28.3. The predicted octanol–water partition coefficient (Wildman–Crippen LogP) is 1.28. The van der Waals surface area contributed by atoms with Gasteiger partial charge in [-0.25, -0.2) is 9.69 Å². The number of hydrogen-bond acceptors (Lipinski definition) is 3. The van der Waals surface area contributed by atoms with Crippen molar-refractivity contribution in [1.29, 1.82) is 0 Å². The molecule has 0 bridgehead atoms. The van der Waals surface area contributed by atoms with Gasteiger partial charge in [0.25, 0.3) is 5.91 Å². The van der Waals surface area contributed by atoms with E-state index < -0.39 is 24.1 Å². The zero-order chi connectivity index (χ0) is 14.4. The Morgan fingerprint density at radius 1 is 1.30 bits per heavy atom. The Bertz CT molecular complexity index is 705. The van der Waals surface area contributed by atoms with Gasteiger partial charge >= 0.3 is 6.03 Å². The molecular formula is C14H15N3O3. The number of amides is 3. The second kappa shape index (κ2) is 4.35. The fraction of sp³-hybridized carbons (Fsp3) is 0.286. The van der Waals surface area contributed by atoms with E-state index in [9.17, 15) is 14.7 Å². The molecule has 3 amide bonds. The summed E-state index contributed by atoms with van der Waals surface area (Å²) in [5, 5.41) is 12.9. The third kappa shape index (κ3) is 1.85. The van der Waals surface area contributed by atoms with Gasteiger partial charge in [0, 0.05) is 16.6 Å². The van der Waals surface area contributed by atoms with Gasteiger partial charge in [0.2, 0.25) is 0 Å². The highest BCUT2D eigenvalue weighted by atomic mass is 16.3. The number of urea groups is 1. The van der Waals surface area contributed by atoms with Gasteiger partial charge in [0.1, 0.15) is 6.04 Å². The van der Waals surface area contributed by atoms with Gasteiger partial charge < -0.3 is 15.4 Å². The van der Waals surface area contributed by atoms with Crippen molar-refractivity contribution < 1.29 is 14.7 Å². The van der Waals surface area contributed by atoms with Crippen molar-refractivity contribution in [2.75, 3.05) is 4.90 Å². The van der Waals surface area contributed by atoms with Crippen LogP contribution < -0.4 is 10.2 Å². The van der Waals surface area contributed by atoms with Crippen LogP contribution in [0.2, 0.25) is 0 Å². The first-order chi connectivity index (χ1) is 9.47. The van der Waals surface area contributed by atoms with Crippen LogP contribution in [0, 0.1) is 6.92 Å². The standard InChI is InChI=1S/C14H15N3O3/c1-7-5-9-6-10(3-4-11(9)15-7)17-13(19)12(8(2)18)16-14(17)20/h3-6,8,12,15,18H,1-2H3,(H,16,20)/t8-,12+/m1/s1. The smallest absolute Gasteiger partial charge is 0.329 e. The van der Waals surface area contributed by atoms with Crippen molar-refractivity contribution in [2.45, 2.75) is 26.0 Å². The van der Waals surface area contributed by atoms with Gasteiger partial charge in [0.05, 0.1) is 11.8 Å². The Labute approximate surface area is 115 Å². The number of aliphatic hydroxyl groups is 1. The van der Waals surface area contributed by atoms with Crippen LogP contribution in [0.3, 0.4) is 0 Å². The maximum absolute atomic E-state index is 12.2. The third-order valence-corrected chi connectivity index (χ3v) is 3.45. The molecule has 2 atom stereocenters. The zero-order valence-electron chi connectivity index (χ0n) is 11.2. The Morgan fingerprint density at radius 2 is 2.05 bits per heavy atom. The summed E-state index contributed by atoms with van der Waals surface area (Å²) in [5.41, 5.74) is 2.46. The van der Waals surface area contributed by atoms with Gasteiger partial charge in [-0.05, 0) is 38.1 Å². The molecule has 0 unspecified atom stereocenters. The topological polar surface area (TPSA) is 85.4 Å². The Morgan fingerprint density at radius 3 is 2.70 bits per heavy atom. The van der Waals surface area contributed by atoms with Gasteiger partial charge in [-0.3, -0.25) is 4.79 Å². The number of nitrogens with one attached hydrogen (secondary N) is 2. The molecule has 20 heavy (non-hydrogen) atoms. The molecule has 1 aliphatic heterocycles. The molecule has 6 nitrogen and oxygen atoms in total. The number of aryl methyl sites for hydroxylation is 1. The van der Waals surface area contributed by atoms with Crippen LogP contribution in [-0.2, 0) is 4.79 Å². The number of imide groups is 1. The first-order valence-corrected chi connectivity index (χ1v) is 6.39. The number of benzene rings is 1. The largest absolute Gasteiger partial charge is 0.391 e. The molecule has 2 aromatic rings. The van der Waals surface area contributed by atoms with E-state index in [4.69, 9.17) is 0 Å². The molecule has 0 spiro atoms. The number of carbonyl (C=O) groups excluding carboxylic acids is 2. The van der Waals surface area contributed by atoms with E-state index in [2.05, 4.69) is 10.3 Å². The summed E-state index contributed by atoms with van der Waals surface area (Å²) in [5.74, 6) is -0.434. The Hall–Kier alpha value is -2.34. The summed E-state index contributed by atoms with van der Waals surface area (Å²) >= 11 is 0. The molecule has 0 radical (unpaired) electrons. The lowest BCUT2D eigenvalue weighted by atomic mass is 10.1. The summed E-state index contributed by atoms with van der Waals surface area (Å²) in [7, 11) is 0. The Balaban J connectivity index is 2.02. The number of carbonyl (C=O) groups is 2. The molecule has 3 N–H and O–H groups in total. The molecule has 1 aromatic heterocycles. The number of nitrogens with zero attached hydrogens (tertiary/aromatic N) is 1. The fourth-order valence-electron chi connectivity index (χ4n) is 2.47. The first kappa shape index (κ1) is 12.7. The van der Waals surface area contributed by atoms with Crippen LogP contribution >= 0.6 is 0 Å². The molecule has 1 saturated heterocycles. The SMILES string of the molecule is Cc1cc2cc(N3C(=O)N[C@@H]([C@@H](C)O)C3=O)ccc2[nH]1. The number of H-pyrrole nitrogens is 1. The average molecular weight is 273 g/mol. The van der Waals surface area contributed by atoms with Crippen molar-refractivity contribution in [3.63, 3.8) is 0 Å². The summed E-state index contributed by atoms with van der Waals surface area (Å²) < 4.78 is 0. The summed E-state index contributed by atoms with van der Waals surface area (Å²) in [6, 6.07) is 5.87. The van der Waals surface area contributed by atoms with Gasteiger partial charge in [-0.2, -0.15) is 0 Å².